The first-order valence-electron chi connectivity index (χ1n) is 10.7. The fraction of sp³-hybridized carbons (Fsp3) is 0.0741. The summed E-state index contributed by atoms with van der Waals surface area (Å²) in [6.45, 7) is 0. The minimum atomic E-state index is -0.838. The van der Waals surface area contributed by atoms with Gasteiger partial charge in [-0.1, -0.05) is 75.8 Å². The molecule has 0 fully saturated rings. The smallest absolute Gasteiger partial charge is 0.296 e. The van der Waals surface area contributed by atoms with Crippen LogP contribution in [-0.4, -0.2) is 28.9 Å². The number of allylic oxidation sites excluding steroid dienone is 1. The molecule has 1 aliphatic rings. The van der Waals surface area contributed by atoms with Crippen LogP contribution in [0.15, 0.2) is 94.7 Å². The van der Waals surface area contributed by atoms with Crippen LogP contribution in [0.4, 0.5) is 5.13 Å². The minimum Gasteiger partial charge on any atom is -0.503 e. The second kappa shape index (κ2) is 9.48. The Hall–Kier alpha value is -3.75. The Morgan fingerprint density at radius 3 is 2.66 bits per heavy atom. The van der Waals surface area contributed by atoms with Crippen molar-refractivity contribution in [3.05, 3.63) is 106 Å². The lowest BCUT2D eigenvalue weighted by atomic mass is 9.96. The molecule has 1 aliphatic heterocycles. The van der Waals surface area contributed by atoms with Crippen molar-refractivity contribution in [1.29, 1.82) is 0 Å². The zero-order valence-corrected chi connectivity index (χ0v) is 20.9. The summed E-state index contributed by atoms with van der Waals surface area (Å²) in [7, 11) is 1.58. The Morgan fingerprint density at radius 1 is 1.11 bits per heavy atom. The number of thiazole rings is 1. The summed E-state index contributed by atoms with van der Waals surface area (Å²) in [5.41, 5.74) is 2.21. The molecule has 174 valence electrons. The van der Waals surface area contributed by atoms with E-state index in [0.717, 1.165) is 14.7 Å². The molecule has 35 heavy (non-hydrogen) atoms. The Kier molecular flexibility index (Phi) is 6.23. The number of ether oxygens (including phenoxy) is 1. The number of carbonyl (C=O) groups excluding carboxylic acids is 2. The number of anilines is 1. The summed E-state index contributed by atoms with van der Waals surface area (Å²) in [6, 6.07) is 21.3. The summed E-state index contributed by atoms with van der Waals surface area (Å²) < 4.78 is 6.91. The van der Waals surface area contributed by atoms with Gasteiger partial charge in [-0.25, -0.2) is 4.98 Å². The molecule has 2 heterocycles. The van der Waals surface area contributed by atoms with Crippen molar-refractivity contribution in [1.82, 2.24) is 4.98 Å². The van der Waals surface area contributed by atoms with E-state index in [9.17, 15) is 14.7 Å². The molecular formula is C27H19BrN2O4S. The summed E-state index contributed by atoms with van der Waals surface area (Å²) in [5.74, 6) is -1.02. The predicted octanol–water partition coefficient (Wildman–Crippen LogP) is 6.25. The van der Waals surface area contributed by atoms with Gasteiger partial charge in [0.2, 0.25) is 0 Å². The molecule has 3 aromatic carbocycles. The number of fused-ring (bicyclic) bond motifs is 1. The zero-order valence-electron chi connectivity index (χ0n) is 18.5. The quantitative estimate of drug-likeness (QED) is 0.289. The van der Waals surface area contributed by atoms with Gasteiger partial charge in [-0.2, -0.15) is 0 Å². The number of halogens is 1. The van der Waals surface area contributed by atoms with Crippen molar-refractivity contribution >= 4 is 60.4 Å². The van der Waals surface area contributed by atoms with Crippen molar-refractivity contribution in [2.75, 3.05) is 12.0 Å². The van der Waals surface area contributed by atoms with Gasteiger partial charge in [0.15, 0.2) is 16.7 Å². The molecule has 1 N–H and O–H groups in total. The Balaban J connectivity index is 1.61. The molecule has 5 rings (SSSR count). The first kappa shape index (κ1) is 23.0. The zero-order chi connectivity index (χ0) is 24.5. The number of hydrogen-bond donors (Lipinski definition) is 1. The molecule has 0 radical (unpaired) electrons. The number of rotatable bonds is 6. The fourth-order valence-corrected chi connectivity index (χ4v) is 5.43. The Labute approximate surface area is 213 Å². The molecule has 1 amide bonds. The number of hydrogen-bond acceptors (Lipinski definition) is 6. The average Bonchev–Trinajstić information content (AvgIpc) is 3.40. The minimum absolute atomic E-state index is 0.0112. The van der Waals surface area contributed by atoms with Crippen LogP contribution in [0.5, 0.6) is 5.75 Å². The van der Waals surface area contributed by atoms with Crippen LogP contribution in [0.2, 0.25) is 0 Å². The van der Waals surface area contributed by atoms with Gasteiger partial charge in [-0.15, -0.1) is 0 Å². The normalized spacial score (nSPS) is 16.0. The van der Waals surface area contributed by atoms with Crippen LogP contribution >= 0.6 is 27.3 Å². The standard InChI is InChI=1S/C27H19BrN2O4S/c1-34-19-11-12-20-22(15-19)35-27(29-20)30-24(17-8-5-9-18(28)14-17)23(25(32)26(30)33)21(31)13-10-16-6-3-2-4-7-16/h2-15,24,32H,1H3/b13-10+. The molecule has 0 spiro atoms. The molecule has 6 nitrogen and oxygen atoms in total. The van der Waals surface area contributed by atoms with E-state index in [0.29, 0.717) is 22.0 Å². The molecule has 1 atom stereocenters. The van der Waals surface area contributed by atoms with E-state index < -0.39 is 23.5 Å². The first-order valence-corrected chi connectivity index (χ1v) is 12.3. The highest BCUT2D eigenvalue weighted by Gasteiger charge is 2.45. The molecule has 1 aromatic heterocycles. The van der Waals surface area contributed by atoms with Gasteiger partial charge in [0.1, 0.15) is 5.75 Å². The lowest BCUT2D eigenvalue weighted by Gasteiger charge is -2.24. The SMILES string of the molecule is COc1ccc2nc(N3C(=O)C(O)=C(C(=O)/C=C/c4ccccc4)C3c3cccc(Br)c3)sc2c1. The lowest BCUT2D eigenvalue weighted by molar-refractivity contribution is -0.117. The van der Waals surface area contributed by atoms with Gasteiger partial charge in [-0.05, 0) is 47.5 Å². The van der Waals surface area contributed by atoms with E-state index in [1.54, 1.807) is 19.3 Å². The molecule has 0 saturated heterocycles. The third kappa shape index (κ3) is 4.38. The van der Waals surface area contributed by atoms with Crippen LogP contribution in [0.3, 0.4) is 0 Å². The molecule has 4 aromatic rings. The predicted molar refractivity (Wildman–Crippen MR) is 141 cm³/mol. The summed E-state index contributed by atoms with van der Waals surface area (Å²) in [4.78, 5) is 32.7. The largest absolute Gasteiger partial charge is 0.503 e. The van der Waals surface area contributed by atoms with E-state index in [4.69, 9.17) is 4.74 Å². The summed E-state index contributed by atoms with van der Waals surface area (Å²) in [6.07, 6.45) is 3.05. The molecular weight excluding hydrogens is 528 g/mol. The van der Waals surface area contributed by atoms with Crippen molar-refractivity contribution < 1.29 is 19.4 Å². The van der Waals surface area contributed by atoms with E-state index in [2.05, 4.69) is 20.9 Å². The number of aromatic nitrogens is 1. The second-order valence-electron chi connectivity index (χ2n) is 7.83. The number of methoxy groups -OCH3 is 1. The van der Waals surface area contributed by atoms with E-state index in [1.165, 1.54) is 22.3 Å². The summed E-state index contributed by atoms with van der Waals surface area (Å²) in [5, 5.41) is 11.3. The summed E-state index contributed by atoms with van der Waals surface area (Å²) >= 11 is 4.76. The molecule has 0 bridgehead atoms. The van der Waals surface area contributed by atoms with Gasteiger partial charge in [0.05, 0.1) is 28.9 Å². The second-order valence-corrected chi connectivity index (χ2v) is 9.76. The van der Waals surface area contributed by atoms with Crippen LogP contribution < -0.4 is 9.64 Å². The van der Waals surface area contributed by atoms with Gasteiger partial charge in [0.25, 0.3) is 5.91 Å². The number of benzene rings is 3. The van der Waals surface area contributed by atoms with Gasteiger partial charge >= 0.3 is 0 Å². The number of amides is 1. The number of carbonyl (C=O) groups is 2. The highest BCUT2D eigenvalue weighted by atomic mass is 79.9. The van der Waals surface area contributed by atoms with Crippen LogP contribution in [0.25, 0.3) is 16.3 Å². The molecule has 0 aliphatic carbocycles. The Morgan fingerprint density at radius 2 is 1.91 bits per heavy atom. The monoisotopic (exact) mass is 546 g/mol. The van der Waals surface area contributed by atoms with Crippen LogP contribution in [-0.2, 0) is 9.59 Å². The Bertz CT molecular complexity index is 1510. The fourth-order valence-electron chi connectivity index (χ4n) is 3.99. The number of ketones is 1. The maximum atomic E-state index is 13.3. The third-order valence-corrected chi connectivity index (χ3v) is 7.17. The average molecular weight is 547 g/mol. The van der Waals surface area contributed by atoms with Crippen molar-refractivity contribution in [3.63, 3.8) is 0 Å². The maximum Gasteiger partial charge on any atom is 0.296 e. The van der Waals surface area contributed by atoms with Crippen molar-refractivity contribution in [2.45, 2.75) is 6.04 Å². The first-order chi connectivity index (χ1) is 17.0. The highest BCUT2D eigenvalue weighted by Crippen LogP contribution is 2.44. The van der Waals surface area contributed by atoms with E-state index in [-0.39, 0.29) is 5.57 Å². The number of aliphatic hydroxyl groups excluding tert-OH is 1. The van der Waals surface area contributed by atoms with Crippen LogP contribution in [0.1, 0.15) is 17.2 Å². The van der Waals surface area contributed by atoms with Gasteiger partial charge < -0.3 is 9.84 Å². The topological polar surface area (TPSA) is 79.7 Å². The number of aliphatic hydroxyl groups is 1. The van der Waals surface area contributed by atoms with Crippen LogP contribution in [0, 0.1) is 0 Å². The molecule has 0 saturated carbocycles. The van der Waals surface area contributed by atoms with Gasteiger partial charge in [0, 0.05) is 4.47 Å². The third-order valence-electron chi connectivity index (χ3n) is 5.66. The molecule has 1 unspecified atom stereocenters. The van der Waals surface area contributed by atoms with E-state index >= 15 is 0 Å². The van der Waals surface area contributed by atoms with Crippen molar-refractivity contribution in [2.24, 2.45) is 0 Å². The number of nitrogens with zero attached hydrogens (tertiary/aromatic N) is 2. The highest BCUT2D eigenvalue weighted by molar-refractivity contribution is 9.10. The van der Waals surface area contributed by atoms with E-state index in [1.807, 2.05) is 66.7 Å². The molecule has 8 heteroatoms. The van der Waals surface area contributed by atoms with Crippen molar-refractivity contribution in [3.8, 4) is 5.75 Å². The lowest BCUT2D eigenvalue weighted by Crippen LogP contribution is -2.30. The maximum absolute atomic E-state index is 13.3. The van der Waals surface area contributed by atoms with Gasteiger partial charge in [-0.3, -0.25) is 14.5 Å².